The predicted octanol–water partition coefficient (Wildman–Crippen LogP) is 2.89. The molecule has 2 rings (SSSR count). The summed E-state index contributed by atoms with van der Waals surface area (Å²) in [7, 11) is 0. The quantitative estimate of drug-likeness (QED) is 0.726. The second kappa shape index (κ2) is 4.10. The fourth-order valence-corrected chi connectivity index (χ4v) is 4.53. The van der Waals surface area contributed by atoms with Crippen molar-refractivity contribution in [2.75, 3.05) is 0 Å². The van der Waals surface area contributed by atoms with Crippen molar-refractivity contribution >= 4 is 0 Å². The van der Waals surface area contributed by atoms with Crippen molar-refractivity contribution in [1.29, 1.82) is 0 Å². The van der Waals surface area contributed by atoms with E-state index in [-0.39, 0.29) is 17.4 Å². The van der Waals surface area contributed by atoms with Gasteiger partial charge < -0.3 is 10.2 Å². The summed E-state index contributed by atoms with van der Waals surface area (Å²) >= 11 is 0. The summed E-state index contributed by atoms with van der Waals surface area (Å²) in [4.78, 5) is 0. The average molecular weight is 238 g/mol. The zero-order valence-electron chi connectivity index (χ0n) is 11.4. The Labute approximate surface area is 105 Å². The third-order valence-electron chi connectivity index (χ3n) is 5.20. The molecule has 0 aliphatic heterocycles. The van der Waals surface area contributed by atoms with E-state index in [4.69, 9.17) is 0 Å². The number of aliphatic hydroxyl groups excluding tert-OH is 1. The maximum Gasteiger partial charge on any atom is 0.0657 e. The van der Waals surface area contributed by atoms with Gasteiger partial charge in [-0.25, -0.2) is 0 Å². The van der Waals surface area contributed by atoms with Gasteiger partial charge in [0.1, 0.15) is 0 Å². The number of rotatable bonds is 2. The normalized spacial score (nSPS) is 50.1. The van der Waals surface area contributed by atoms with Crippen molar-refractivity contribution in [1.82, 2.24) is 0 Å². The van der Waals surface area contributed by atoms with Crippen molar-refractivity contribution in [3.8, 4) is 0 Å². The molecule has 2 aliphatic carbocycles. The topological polar surface area (TPSA) is 40.5 Å². The maximum atomic E-state index is 10.7. The first-order valence-electron chi connectivity index (χ1n) is 6.82. The first kappa shape index (κ1) is 13.1. The van der Waals surface area contributed by atoms with Crippen LogP contribution in [-0.4, -0.2) is 21.9 Å². The van der Waals surface area contributed by atoms with Gasteiger partial charge in [0, 0.05) is 0 Å². The molecule has 0 saturated heterocycles. The lowest BCUT2D eigenvalue weighted by molar-refractivity contribution is -0.147. The average Bonchev–Trinajstić information content (AvgIpc) is 2.52. The molecule has 5 unspecified atom stereocenters. The van der Waals surface area contributed by atoms with Crippen molar-refractivity contribution < 1.29 is 10.2 Å². The standard InChI is InChI=1S/C15H26O2/c1-10(2)9-11-5-7-14(3)12(16)6-8-15(4,17)13(11)14/h11-13,16-17H,1,5-9H2,2-4H3. The van der Waals surface area contributed by atoms with Crippen LogP contribution < -0.4 is 0 Å². The van der Waals surface area contributed by atoms with E-state index in [1.807, 2.05) is 6.92 Å². The van der Waals surface area contributed by atoms with Crippen molar-refractivity contribution in [3.05, 3.63) is 12.2 Å². The van der Waals surface area contributed by atoms with E-state index in [2.05, 4.69) is 20.4 Å². The van der Waals surface area contributed by atoms with Crippen LogP contribution >= 0.6 is 0 Å². The van der Waals surface area contributed by atoms with Crippen LogP contribution in [-0.2, 0) is 0 Å². The molecule has 17 heavy (non-hydrogen) atoms. The van der Waals surface area contributed by atoms with Gasteiger partial charge in [0.05, 0.1) is 11.7 Å². The highest BCUT2D eigenvalue weighted by Gasteiger charge is 2.58. The second-order valence-corrected chi connectivity index (χ2v) is 6.86. The minimum atomic E-state index is -0.620. The molecule has 0 amide bonds. The maximum absolute atomic E-state index is 10.7. The molecule has 2 heteroatoms. The number of fused-ring (bicyclic) bond motifs is 1. The van der Waals surface area contributed by atoms with E-state index in [9.17, 15) is 10.2 Å². The number of hydrogen-bond acceptors (Lipinski definition) is 2. The Balaban J connectivity index is 2.29. The van der Waals surface area contributed by atoms with Gasteiger partial charge in [-0.05, 0) is 63.2 Å². The largest absolute Gasteiger partial charge is 0.393 e. The first-order valence-corrected chi connectivity index (χ1v) is 6.82. The van der Waals surface area contributed by atoms with Gasteiger partial charge in [0.15, 0.2) is 0 Å². The highest BCUT2D eigenvalue weighted by molar-refractivity contribution is 5.10. The van der Waals surface area contributed by atoms with E-state index in [0.29, 0.717) is 5.92 Å². The highest BCUT2D eigenvalue weighted by atomic mass is 16.3. The van der Waals surface area contributed by atoms with Crippen LogP contribution in [0.15, 0.2) is 12.2 Å². The van der Waals surface area contributed by atoms with Gasteiger partial charge in [-0.2, -0.15) is 0 Å². The number of aliphatic hydroxyl groups is 2. The summed E-state index contributed by atoms with van der Waals surface area (Å²) in [6, 6.07) is 0. The summed E-state index contributed by atoms with van der Waals surface area (Å²) in [5.74, 6) is 0.706. The van der Waals surface area contributed by atoms with Gasteiger partial charge in [-0.1, -0.05) is 12.5 Å². The molecule has 2 nitrogen and oxygen atoms in total. The molecule has 98 valence electrons. The predicted molar refractivity (Wildman–Crippen MR) is 69.6 cm³/mol. The molecular weight excluding hydrogens is 212 g/mol. The minimum Gasteiger partial charge on any atom is -0.393 e. The Morgan fingerprint density at radius 1 is 1.29 bits per heavy atom. The van der Waals surface area contributed by atoms with Crippen LogP contribution in [0.2, 0.25) is 0 Å². The molecule has 0 aromatic carbocycles. The lowest BCUT2D eigenvalue weighted by Crippen LogP contribution is -2.54. The van der Waals surface area contributed by atoms with E-state index < -0.39 is 5.60 Å². The van der Waals surface area contributed by atoms with E-state index in [0.717, 1.165) is 32.1 Å². The first-order chi connectivity index (χ1) is 7.77. The van der Waals surface area contributed by atoms with E-state index >= 15 is 0 Å². The molecule has 0 heterocycles. The minimum absolute atomic E-state index is 0.0954. The SMILES string of the molecule is C=C(C)CC1CCC2(C)C(O)CCC(C)(O)C12. The van der Waals surface area contributed by atoms with Crippen LogP contribution in [0.4, 0.5) is 0 Å². The number of allylic oxidation sites excluding steroid dienone is 1. The van der Waals surface area contributed by atoms with Crippen LogP contribution in [0.1, 0.15) is 52.9 Å². The molecule has 0 bridgehead atoms. The summed E-state index contributed by atoms with van der Waals surface area (Å²) < 4.78 is 0. The lowest BCUT2D eigenvalue weighted by atomic mass is 9.59. The molecule has 2 aliphatic rings. The third kappa shape index (κ3) is 2.06. The van der Waals surface area contributed by atoms with Gasteiger partial charge in [0.2, 0.25) is 0 Å². The Morgan fingerprint density at radius 2 is 1.94 bits per heavy atom. The molecule has 0 aromatic rings. The molecule has 0 radical (unpaired) electrons. The van der Waals surface area contributed by atoms with Crippen LogP contribution in [0.25, 0.3) is 0 Å². The monoisotopic (exact) mass is 238 g/mol. The third-order valence-corrected chi connectivity index (χ3v) is 5.20. The summed E-state index contributed by atoms with van der Waals surface area (Å²) in [6.07, 6.45) is 4.35. The molecule has 5 atom stereocenters. The Kier molecular flexibility index (Phi) is 3.16. The smallest absolute Gasteiger partial charge is 0.0657 e. The van der Waals surface area contributed by atoms with Crippen molar-refractivity contribution in [3.63, 3.8) is 0 Å². The van der Waals surface area contributed by atoms with Crippen LogP contribution in [0.3, 0.4) is 0 Å². The van der Waals surface area contributed by atoms with Crippen LogP contribution in [0, 0.1) is 17.3 Å². The van der Waals surface area contributed by atoms with Gasteiger partial charge in [-0.3, -0.25) is 0 Å². The number of hydrogen-bond donors (Lipinski definition) is 2. The highest BCUT2D eigenvalue weighted by Crippen LogP contribution is 2.59. The van der Waals surface area contributed by atoms with Crippen molar-refractivity contribution in [2.45, 2.75) is 64.6 Å². The summed E-state index contributed by atoms with van der Waals surface area (Å²) in [6.45, 7) is 10.2. The second-order valence-electron chi connectivity index (χ2n) is 6.86. The van der Waals surface area contributed by atoms with Crippen LogP contribution in [0.5, 0.6) is 0 Å². The Hall–Kier alpha value is -0.340. The molecule has 0 aromatic heterocycles. The van der Waals surface area contributed by atoms with Gasteiger partial charge in [-0.15, -0.1) is 6.58 Å². The zero-order chi connectivity index (χ0) is 12.8. The molecule has 2 N–H and O–H groups in total. The molecule has 2 saturated carbocycles. The Morgan fingerprint density at radius 3 is 2.53 bits per heavy atom. The Bertz CT molecular complexity index is 321. The summed E-state index contributed by atoms with van der Waals surface area (Å²) in [5.41, 5.74) is 0.474. The fraction of sp³-hybridized carbons (Fsp3) is 0.867. The molecular formula is C15H26O2. The fourth-order valence-electron chi connectivity index (χ4n) is 4.53. The molecule has 0 spiro atoms. The van der Waals surface area contributed by atoms with Crippen molar-refractivity contribution in [2.24, 2.45) is 17.3 Å². The van der Waals surface area contributed by atoms with Gasteiger partial charge >= 0.3 is 0 Å². The van der Waals surface area contributed by atoms with E-state index in [1.54, 1.807) is 0 Å². The zero-order valence-corrected chi connectivity index (χ0v) is 11.4. The molecule has 2 fully saturated rings. The van der Waals surface area contributed by atoms with Gasteiger partial charge in [0.25, 0.3) is 0 Å². The lowest BCUT2D eigenvalue weighted by Gasteiger charge is -2.50. The summed E-state index contributed by atoms with van der Waals surface area (Å²) in [5, 5.41) is 21.0. The van der Waals surface area contributed by atoms with E-state index in [1.165, 1.54) is 5.57 Å².